The van der Waals surface area contributed by atoms with Gasteiger partial charge in [0.25, 0.3) is 11.5 Å². The van der Waals surface area contributed by atoms with E-state index in [4.69, 9.17) is 0 Å². The average molecular weight is 353 g/mol. The quantitative estimate of drug-likeness (QED) is 0.730. The van der Waals surface area contributed by atoms with E-state index in [0.717, 1.165) is 19.3 Å². The first-order valence-corrected chi connectivity index (χ1v) is 9.41. The maximum absolute atomic E-state index is 12.5. The van der Waals surface area contributed by atoms with Crippen LogP contribution in [-0.2, 0) is 0 Å². The van der Waals surface area contributed by atoms with Gasteiger partial charge >= 0.3 is 0 Å². The Hall–Kier alpha value is -2.47. The number of hydrogen-bond donors (Lipinski definition) is 1. The van der Waals surface area contributed by atoms with Gasteiger partial charge in [0, 0.05) is 12.7 Å². The van der Waals surface area contributed by atoms with Gasteiger partial charge in [0.1, 0.15) is 10.5 Å². The SMILES string of the molecule is O=C(NCCC1=CCCCC1)c1cc2c(=O)n3ccccc3nc2s1. The molecule has 3 aromatic heterocycles. The summed E-state index contributed by atoms with van der Waals surface area (Å²) in [7, 11) is 0. The zero-order valence-corrected chi connectivity index (χ0v) is 14.6. The summed E-state index contributed by atoms with van der Waals surface area (Å²) >= 11 is 1.27. The van der Waals surface area contributed by atoms with Gasteiger partial charge in [0.2, 0.25) is 0 Å². The van der Waals surface area contributed by atoms with Gasteiger partial charge in [-0.05, 0) is 50.3 Å². The zero-order chi connectivity index (χ0) is 17.2. The highest BCUT2D eigenvalue weighted by Gasteiger charge is 2.14. The van der Waals surface area contributed by atoms with Crippen molar-refractivity contribution in [3.8, 4) is 0 Å². The summed E-state index contributed by atoms with van der Waals surface area (Å²) in [5.41, 5.74) is 1.90. The van der Waals surface area contributed by atoms with Gasteiger partial charge in [-0.3, -0.25) is 14.0 Å². The molecule has 0 bridgehead atoms. The van der Waals surface area contributed by atoms with Gasteiger partial charge in [0.05, 0.1) is 10.3 Å². The van der Waals surface area contributed by atoms with Crippen LogP contribution in [0.5, 0.6) is 0 Å². The Morgan fingerprint density at radius 1 is 1.32 bits per heavy atom. The van der Waals surface area contributed by atoms with E-state index in [2.05, 4.69) is 16.4 Å². The van der Waals surface area contributed by atoms with Gasteiger partial charge in [-0.15, -0.1) is 11.3 Å². The summed E-state index contributed by atoms with van der Waals surface area (Å²) in [4.78, 5) is 30.6. The van der Waals surface area contributed by atoms with Crippen molar-refractivity contribution >= 4 is 33.1 Å². The van der Waals surface area contributed by atoms with E-state index in [-0.39, 0.29) is 11.5 Å². The highest BCUT2D eigenvalue weighted by Crippen LogP contribution is 2.22. The molecule has 0 aromatic carbocycles. The van der Waals surface area contributed by atoms with E-state index < -0.39 is 0 Å². The third-order valence-electron chi connectivity index (χ3n) is 4.56. The monoisotopic (exact) mass is 353 g/mol. The minimum absolute atomic E-state index is 0.132. The van der Waals surface area contributed by atoms with Gasteiger partial charge in [-0.25, -0.2) is 4.98 Å². The number of nitrogens with zero attached hydrogens (tertiary/aromatic N) is 2. The molecule has 3 aromatic rings. The highest BCUT2D eigenvalue weighted by molar-refractivity contribution is 7.20. The van der Waals surface area contributed by atoms with Crippen LogP contribution in [0, 0.1) is 0 Å². The molecule has 3 heterocycles. The van der Waals surface area contributed by atoms with Crippen LogP contribution < -0.4 is 10.9 Å². The Labute approximate surface area is 149 Å². The maximum Gasteiger partial charge on any atom is 0.266 e. The van der Waals surface area contributed by atoms with Crippen molar-refractivity contribution in [3.63, 3.8) is 0 Å². The van der Waals surface area contributed by atoms with Crippen molar-refractivity contribution < 1.29 is 4.79 Å². The number of aromatic nitrogens is 2. The second-order valence-electron chi connectivity index (χ2n) is 6.29. The molecule has 0 fully saturated rings. The van der Waals surface area contributed by atoms with Crippen LogP contribution in [0.1, 0.15) is 41.8 Å². The summed E-state index contributed by atoms with van der Waals surface area (Å²) in [6, 6.07) is 7.08. The largest absolute Gasteiger partial charge is 0.351 e. The molecule has 1 N–H and O–H groups in total. The molecule has 0 aliphatic heterocycles. The fourth-order valence-electron chi connectivity index (χ4n) is 3.22. The van der Waals surface area contributed by atoms with Crippen LogP contribution in [0.15, 0.2) is 46.9 Å². The Balaban J connectivity index is 1.53. The van der Waals surface area contributed by atoms with E-state index in [1.807, 2.05) is 6.07 Å². The Bertz CT molecular complexity index is 1030. The van der Waals surface area contributed by atoms with E-state index in [0.29, 0.717) is 27.3 Å². The number of hydrogen-bond acceptors (Lipinski definition) is 4. The fourth-order valence-corrected chi connectivity index (χ4v) is 4.16. The number of allylic oxidation sites excluding steroid dienone is 1. The average Bonchev–Trinajstić information content (AvgIpc) is 3.07. The molecule has 1 aliphatic carbocycles. The predicted octanol–water partition coefficient (Wildman–Crippen LogP) is 3.53. The first-order valence-electron chi connectivity index (χ1n) is 8.59. The van der Waals surface area contributed by atoms with Crippen molar-refractivity contribution in [1.82, 2.24) is 14.7 Å². The zero-order valence-electron chi connectivity index (χ0n) is 13.8. The molecule has 0 atom stereocenters. The van der Waals surface area contributed by atoms with E-state index in [9.17, 15) is 9.59 Å². The van der Waals surface area contributed by atoms with E-state index in [1.54, 1.807) is 24.4 Å². The summed E-state index contributed by atoms with van der Waals surface area (Å²) in [6.45, 7) is 0.632. The van der Waals surface area contributed by atoms with Gasteiger partial charge < -0.3 is 5.32 Å². The molecule has 5 nitrogen and oxygen atoms in total. The Morgan fingerprint density at radius 2 is 2.24 bits per heavy atom. The number of fused-ring (bicyclic) bond motifs is 2. The summed E-state index contributed by atoms with van der Waals surface area (Å²) in [6.07, 6.45) is 9.72. The fraction of sp³-hybridized carbons (Fsp3) is 0.316. The van der Waals surface area contributed by atoms with E-state index >= 15 is 0 Å². The molecule has 4 rings (SSSR count). The summed E-state index contributed by atoms with van der Waals surface area (Å²) < 4.78 is 1.51. The van der Waals surface area contributed by atoms with E-state index in [1.165, 1.54) is 34.2 Å². The molecule has 6 heteroatoms. The standard InChI is InChI=1S/C19H19N3O2S/c23-17(20-10-9-13-6-2-1-3-7-13)15-12-14-18(25-15)21-16-8-4-5-11-22(16)19(14)24/h4-6,8,11-12H,1-3,7,9-10H2,(H,20,23). The number of carbonyl (C=O) groups is 1. The van der Waals surface area contributed by atoms with Crippen LogP contribution >= 0.6 is 11.3 Å². The minimum atomic E-state index is -0.136. The molecular formula is C19H19N3O2S. The topological polar surface area (TPSA) is 63.5 Å². The van der Waals surface area contributed by atoms with Crippen molar-refractivity contribution in [2.75, 3.05) is 6.54 Å². The van der Waals surface area contributed by atoms with Crippen molar-refractivity contribution in [2.45, 2.75) is 32.1 Å². The van der Waals surface area contributed by atoms with Crippen LogP contribution in [0.2, 0.25) is 0 Å². The normalized spacial score (nSPS) is 14.6. The van der Waals surface area contributed by atoms with Crippen molar-refractivity contribution in [1.29, 1.82) is 0 Å². The number of nitrogens with one attached hydrogen (secondary N) is 1. The Kier molecular flexibility index (Phi) is 4.36. The molecule has 1 aliphatic rings. The first-order chi connectivity index (χ1) is 12.2. The third-order valence-corrected chi connectivity index (χ3v) is 5.58. The van der Waals surface area contributed by atoms with Crippen molar-refractivity contribution in [3.05, 3.63) is 57.3 Å². The lowest BCUT2D eigenvalue weighted by Gasteiger charge is -2.12. The molecule has 25 heavy (non-hydrogen) atoms. The summed E-state index contributed by atoms with van der Waals surface area (Å²) in [5, 5.41) is 3.46. The maximum atomic E-state index is 12.5. The molecule has 0 unspecified atom stereocenters. The number of thiophene rings is 1. The number of pyridine rings is 1. The van der Waals surface area contributed by atoms with Crippen LogP contribution in [-0.4, -0.2) is 21.8 Å². The Morgan fingerprint density at radius 3 is 3.08 bits per heavy atom. The predicted molar refractivity (Wildman–Crippen MR) is 100 cm³/mol. The minimum Gasteiger partial charge on any atom is -0.351 e. The lowest BCUT2D eigenvalue weighted by Crippen LogP contribution is -2.24. The molecule has 0 radical (unpaired) electrons. The number of amides is 1. The lowest BCUT2D eigenvalue weighted by molar-refractivity contribution is 0.0958. The second-order valence-corrected chi connectivity index (χ2v) is 7.32. The van der Waals surface area contributed by atoms with Gasteiger partial charge in [-0.2, -0.15) is 0 Å². The highest BCUT2D eigenvalue weighted by atomic mass is 32.1. The summed E-state index contributed by atoms with van der Waals surface area (Å²) in [5.74, 6) is -0.132. The van der Waals surface area contributed by atoms with Crippen molar-refractivity contribution in [2.24, 2.45) is 0 Å². The van der Waals surface area contributed by atoms with Gasteiger partial charge in [0.15, 0.2) is 0 Å². The third kappa shape index (κ3) is 3.22. The molecule has 0 saturated carbocycles. The van der Waals surface area contributed by atoms with Gasteiger partial charge in [-0.1, -0.05) is 17.7 Å². The molecule has 0 spiro atoms. The molecule has 128 valence electrons. The first kappa shape index (κ1) is 16.0. The molecule has 1 amide bonds. The van der Waals surface area contributed by atoms with Crippen LogP contribution in [0.25, 0.3) is 15.9 Å². The van der Waals surface area contributed by atoms with Crippen LogP contribution in [0.3, 0.4) is 0 Å². The number of rotatable bonds is 4. The lowest BCUT2D eigenvalue weighted by atomic mass is 9.97. The van der Waals surface area contributed by atoms with Crippen LogP contribution in [0.4, 0.5) is 0 Å². The molecular weight excluding hydrogens is 334 g/mol. The second kappa shape index (κ2) is 6.80. The molecule has 0 saturated heterocycles. The smallest absolute Gasteiger partial charge is 0.266 e. The number of carbonyl (C=O) groups excluding carboxylic acids is 1.